The van der Waals surface area contributed by atoms with Crippen LogP contribution in [0.3, 0.4) is 0 Å². The lowest BCUT2D eigenvalue weighted by Crippen LogP contribution is -2.19. The number of hydrogen-bond donors (Lipinski definition) is 3. The zero-order chi connectivity index (χ0) is 18.9. The van der Waals surface area contributed by atoms with E-state index in [0.29, 0.717) is 16.8 Å². The molecule has 0 aliphatic heterocycles. The van der Waals surface area contributed by atoms with Crippen LogP contribution in [0.2, 0.25) is 0 Å². The SMILES string of the molecule is CC(=O)c1c[nH]c2cc(NC(=O)Nc3ccc(C(F)(F)F)cc3)ccc12. The first kappa shape index (κ1) is 17.5. The van der Waals surface area contributed by atoms with Crippen molar-refractivity contribution in [3.63, 3.8) is 0 Å². The van der Waals surface area contributed by atoms with E-state index in [1.165, 1.54) is 19.1 Å². The highest BCUT2D eigenvalue weighted by Gasteiger charge is 2.29. The Kier molecular flexibility index (Phi) is 4.41. The number of anilines is 2. The predicted octanol–water partition coefficient (Wildman–Crippen LogP) is 5.03. The summed E-state index contributed by atoms with van der Waals surface area (Å²) in [5.41, 5.74) is 1.15. The van der Waals surface area contributed by atoms with E-state index in [1.807, 2.05) is 0 Å². The van der Waals surface area contributed by atoms with E-state index in [-0.39, 0.29) is 11.5 Å². The Morgan fingerprint density at radius 2 is 1.58 bits per heavy atom. The van der Waals surface area contributed by atoms with Crippen LogP contribution in [0.25, 0.3) is 10.9 Å². The molecular formula is C18H14F3N3O2. The molecule has 0 saturated carbocycles. The fourth-order valence-electron chi connectivity index (χ4n) is 2.53. The van der Waals surface area contributed by atoms with Crippen LogP contribution in [0.15, 0.2) is 48.7 Å². The molecule has 8 heteroatoms. The van der Waals surface area contributed by atoms with Crippen molar-refractivity contribution in [2.75, 3.05) is 10.6 Å². The number of aromatic nitrogens is 1. The minimum atomic E-state index is -4.43. The average molecular weight is 361 g/mol. The minimum Gasteiger partial charge on any atom is -0.360 e. The highest BCUT2D eigenvalue weighted by Crippen LogP contribution is 2.30. The number of amides is 2. The Hall–Kier alpha value is -3.29. The third-order valence-electron chi connectivity index (χ3n) is 3.79. The van der Waals surface area contributed by atoms with E-state index in [1.54, 1.807) is 24.4 Å². The number of nitrogens with one attached hydrogen (secondary N) is 3. The Bertz CT molecular complexity index is 976. The number of urea groups is 1. The topological polar surface area (TPSA) is 74.0 Å². The van der Waals surface area contributed by atoms with Crippen LogP contribution in [0.5, 0.6) is 0 Å². The number of benzene rings is 2. The van der Waals surface area contributed by atoms with Crippen molar-refractivity contribution in [1.29, 1.82) is 0 Å². The molecule has 1 aromatic heterocycles. The molecule has 0 atom stereocenters. The van der Waals surface area contributed by atoms with Crippen LogP contribution in [0, 0.1) is 0 Å². The maximum atomic E-state index is 12.5. The van der Waals surface area contributed by atoms with Crippen LogP contribution < -0.4 is 10.6 Å². The van der Waals surface area contributed by atoms with Crippen LogP contribution in [-0.2, 0) is 6.18 Å². The Morgan fingerprint density at radius 1 is 0.962 bits per heavy atom. The molecule has 26 heavy (non-hydrogen) atoms. The number of aromatic amines is 1. The molecule has 0 radical (unpaired) electrons. The van der Waals surface area contributed by atoms with E-state index < -0.39 is 17.8 Å². The largest absolute Gasteiger partial charge is 0.416 e. The van der Waals surface area contributed by atoms with Gasteiger partial charge in [0.2, 0.25) is 0 Å². The zero-order valence-corrected chi connectivity index (χ0v) is 13.6. The maximum Gasteiger partial charge on any atom is 0.416 e. The van der Waals surface area contributed by atoms with Crippen molar-refractivity contribution in [3.05, 3.63) is 59.8 Å². The number of carbonyl (C=O) groups excluding carboxylic acids is 2. The summed E-state index contributed by atoms with van der Waals surface area (Å²) in [7, 11) is 0. The van der Waals surface area contributed by atoms with Gasteiger partial charge in [-0.25, -0.2) is 4.79 Å². The average Bonchev–Trinajstić information content (AvgIpc) is 2.97. The summed E-state index contributed by atoms with van der Waals surface area (Å²) in [5, 5.41) is 5.79. The molecule has 134 valence electrons. The summed E-state index contributed by atoms with van der Waals surface area (Å²) in [6.07, 6.45) is -2.83. The quantitative estimate of drug-likeness (QED) is 0.572. The molecule has 0 aliphatic rings. The Morgan fingerprint density at radius 3 is 2.19 bits per heavy atom. The predicted molar refractivity (Wildman–Crippen MR) is 92.4 cm³/mol. The number of ketones is 1. The summed E-state index contributed by atoms with van der Waals surface area (Å²) in [5.74, 6) is -0.0722. The van der Waals surface area contributed by atoms with Gasteiger partial charge in [0.1, 0.15) is 0 Å². The molecule has 0 unspecified atom stereocenters. The van der Waals surface area contributed by atoms with Crippen molar-refractivity contribution in [3.8, 4) is 0 Å². The summed E-state index contributed by atoms with van der Waals surface area (Å²) >= 11 is 0. The van der Waals surface area contributed by atoms with Crippen LogP contribution in [0.1, 0.15) is 22.8 Å². The number of halogens is 3. The van der Waals surface area contributed by atoms with Gasteiger partial charge in [0, 0.05) is 34.0 Å². The van der Waals surface area contributed by atoms with Gasteiger partial charge in [-0.3, -0.25) is 4.79 Å². The number of rotatable bonds is 3. The van der Waals surface area contributed by atoms with Gasteiger partial charge in [0.15, 0.2) is 5.78 Å². The molecule has 0 bridgehead atoms. The van der Waals surface area contributed by atoms with E-state index in [4.69, 9.17) is 0 Å². The summed E-state index contributed by atoms with van der Waals surface area (Å²) in [6.45, 7) is 1.46. The van der Waals surface area contributed by atoms with Gasteiger partial charge >= 0.3 is 12.2 Å². The highest BCUT2D eigenvalue weighted by atomic mass is 19.4. The van der Waals surface area contributed by atoms with Gasteiger partial charge < -0.3 is 15.6 Å². The van der Waals surface area contributed by atoms with Gasteiger partial charge in [0.05, 0.1) is 5.56 Å². The number of Topliss-reactive ketones (excluding diaryl/α,β-unsaturated/α-hetero) is 1. The molecule has 5 nitrogen and oxygen atoms in total. The standard InChI is InChI=1S/C18H14F3N3O2/c1-10(25)15-9-22-16-8-13(6-7-14(15)16)24-17(26)23-12-4-2-11(3-5-12)18(19,20)21/h2-9,22H,1H3,(H2,23,24,26). The lowest BCUT2D eigenvalue weighted by atomic mass is 10.1. The smallest absolute Gasteiger partial charge is 0.360 e. The monoisotopic (exact) mass is 361 g/mol. The zero-order valence-electron chi connectivity index (χ0n) is 13.6. The van der Waals surface area contributed by atoms with Crippen molar-refractivity contribution in [1.82, 2.24) is 4.98 Å². The van der Waals surface area contributed by atoms with Gasteiger partial charge in [-0.05, 0) is 43.3 Å². The van der Waals surface area contributed by atoms with Crippen molar-refractivity contribution >= 4 is 34.1 Å². The van der Waals surface area contributed by atoms with Crippen LogP contribution >= 0.6 is 0 Å². The molecule has 1 heterocycles. The third-order valence-corrected chi connectivity index (χ3v) is 3.79. The number of fused-ring (bicyclic) bond motifs is 1. The molecular weight excluding hydrogens is 347 g/mol. The molecule has 0 spiro atoms. The van der Waals surface area contributed by atoms with Crippen molar-refractivity contribution < 1.29 is 22.8 Å². The summed E-state index contributed by atoms with van der Waals surface area (Å²) in [6, 6.07) is 8.54. The second-order valence-corrected chi connectivity index (χ2v) is 5.67. The van der Waals surface area contributed by atoms with Crippen LogP contribution in [0.4, 0.5) is 29.3 Å². The number of H-pyrrole nitrogens is 1. The van der Waals surface area contributed by atoms with Gasteiger partial charge in [-0.15, -0.1) is 0 Å². The second-order valence-electron chi connectivity index (χ2n) is 5.67. The van der Waals surface area contributed by atoms with Crippen molar-refractivity contribution in [2.24, 2.45) is 0 Å². The highest BCUT2D eigenvalue weighted by molar-refractivity contribution is 6.08. The number of carbonyl (C=O) groups is 2. The lowest BCUT2D eigenvalue weighted by Gasteiger charge is -2.10. The molecule has 0 fully saturated rings. The molecule has 3 aromatic rings. The normalized spacial score (nSPS) is 11.4. The lowest BCUT2D eigenvalue weighted by molar-refractivity contribution is -0.137. The van der Waals surface area contributed by atoms with Gasteiger partial charge in [0.25, 0.3) is 0 Å². The Labute approximate surface area is 146 Å². The van der Waals surface area contributed by atoms with E-state index in [2.05, 4.69) is 15.6 Å². The third kappa shape index (κ3) is 3.69. The molecule has 3 N–H and O–H groups in total. The maximum absolute atomic E-state index is 12.5. The summed E-state index contributed by atoms with van der Waals surface area (Å²) < 4.78 is 37.6. The molecule has 0 saturated heterocycles. The van der Waals surface area contributed by atoms with E-state index >= 15 is 0 Å². The molecule has 2 aromatic carbocycles. The molecule has 0 aliphatic carbocycles. The van der Waals surface area contributed by atoms with Gasteiger partial charge in [-0.1, -0.05) is 6.07 Å². The molecule has 3 rings (SSSR count). The van der Waals surface area contributed by atoms with Crippen LogP contribution in [-0.4, -0.2) is 16.8 Å². The number of alkyl halides is 3. The fraction of sp³-hybridized carbons (Fsp3) is 0.111. The van der Waals surface area contributed by atoms with Gasteiger partial charge in [-0.2, -0.15) is 13.2 Å². The van der Waals surface area contributed by atoms with E-state index in [9.17, 15) is 22.8 Å². The summed E-state index contributed by atoms with van der Waals surface area (Å²) in [4.78, 5) is 26.5. The minimum absolute atomic E-state index is 0.0722. The fourth-order valence-corrected chi connectivity index (χ4v) is 2.53. The first-order chi connectivity index (χ1) is 12.2. The second kappa shape index (κ2) is 6.55. The first-order valence-electron chi connectivity index (χ1n) is 7.61. The van der Waals surface area contributed by atoms with Crippen molar-refractivity contribution in [2.45, 2.75) is 13.1 Å². The Balaban J connectivity index is 1.70. The molecule has 2 amide bonds. The number of hydrogen-bond acceptors (Lipinski definition) is 2. The first-order valence-corrected chi connectivity index (χ1v) is 7.61. The van der Waals surface area contributed by atoms with E-state index in [0.717, 1.165) is 17.5 Å².